The molecule has 0 unspecified atom stereocenters. The van der Waals surface area contributed by atoms with Crippen LogP contribution >= 0.6 is 0 Å². The maximum Gasteiger partial charge on any atom is 0.232 e. The highest BCUT2D eigenvalue weighted by molar-refractivity contribution is 6.22. The molecule has 0 amide bonds. The van der Waals surface area contributed by atoms with Gasteiger partial charge in [-0.2, -0.15) is 4.74 Å². The molecular formula is C19H17NO. The van der Waals surface area contributed by atoms with Gasteiger partial charge in [-0.1, -0.05) is 36.4 Å². The van der Waals surface area contributed by atoms with E-state index in [1.54, 1.807) is 0 Å². The molecule has 2 aromatic carbocycles. The van der Waals surface area contributed by atoms with Gasteiger partial charge in [0.1, 0.15) is 0 Å². The third kappa shape index (κ3) is 1.90. The fourth-order valence-electron chi connectivity index (χ4n) is 3.36. The van der Waals surface area contributed by atoms with Gasteiger partial charge in [0.05, 0.1) is 11.1 Å². The predicted octanol–water partition coefficient (Wildman–Crippen LogP) is 4.47. The van der Waals surface area contributed by atoms with E-state index in [1.165, 1.54) is 22.3 Å². The van der Waals surface area contributed by atoms with E-state index in [1.807, 2.05) is 24.3 Å². The summed E-state index contributed by atoms with van der Waals surface area (Å²) in [7, 11) is 0. The molecule has 0 aliphatic heterocycles. The van der Waals surface area contributed by atoms with Gasteiger partial charge in [-0.05, 0) is 48.6 Å². The van der Waals surface area contributed by atoms with Crippen LogP contribution in [0.5, 0.6) is 0 Å². The number of nitrogens with zero attached hydrogens (tertiary/aromatic N) is 1. The Hall–Kier alpha value is -2.35. The second-order valence-corrected chi connectivity index (χ2v) is 5.68. The fraction of sp³-hybridized carbons (Fsp3) is 0.211. The number of benzene rings is 2. The molecule has 2 nitrogen and oxygen atoms in total. The van der Waals surface area contributed by atoms with E-state index in [0.717, 1.165) is 41.8 Å². The molecule has 2 aliphatic carbocycles. The molecule has 0 aromatic heterocycles. The van der Waals surface area contributed by atoms with E-state index in [4.69, 9.17) is 0 Å². The van der Waals surface area contributed by atoms with Crippen molar-refractivity contribution in [3.63, 3.8) is 0 Å². The number of fused-ring (bicyclic) bond motifs is 3. The lowest BCUT2D eigenvalue weighted by molar-refractivity contribution is -0.404. The summed E-state index contributed by atoms with van der Waals surface area (Å²) in [5.41, 5.74) is 6.18. The van der Waals surface area contributed by atoms with Crippen molar-refractivity contribution in [3.8, 4) is 11.1 Å². The molecule has 0 spiro atoms. The Morgan fingerprint density at radius 1 is 0.762 bits per heavy atom. The summed E-state index contributed by atoms with van der Waals surface area (Å²) < 4.78 is 1.17. The lowest BCUT2D eigenvalue weighted by Crippen LogP contribution is -2.17. The van der Waals surface area contributed by atoms with Gasteiger partial charge in [0, 0.05) is 6.42 Å². The van der Waals surface area contributed by atoms with Crippen LogP contribution in [0.15, 0.2) is 60.3 Å². The SMILES string of the molecule is [O-][N+](C1=CCCCC1)=C1c2ccccc2-c2ccccc21. The summed E-state index contributed by atoms with van der Waals surface area (Å²) in [5.74, 6) is 0. The van der Waals surface area contributed by atoms with Crippen LogP contribution in [0.4, 0.5) is 0 Å². The molecule has 0 atom stereocenters. The molecule has 2 aliphatic rings. The van der Waals surface area contributed by atoms with Gasteiger partial charge in [-0.3, -0.25) is 0 Å². The molecule has 0 heterocycles. The monoisotopic (exact) mass is 275 g/mol. The first kappa shape index (κ1) is 12.4. The standard InChI is InChI=1S/C19H17NO/c21-20(14-8-2-1-3-9-14)19-17-12-6-4-10-15(17)16-11-5-7-13-18(16)19/h4-8,10-13H,1-3,9H2. The molecule has 104 valence electrons. The van der Waals surface area contributed by atoms with Crippen LogP contribution in [-0.4, -0.2) is 10.5 Å². The average molecular weight is 275 g/mol. The topological polar surface area (TPSA) is 26.1 Å². The Morgan fingerprint density at radius 3 is 1.86 bits per heavy atom. The van der Waals surface area contributed by atoms with Crippen molar-refractivity contribution < 1.29 is 4.74 Å². The first-order chi connectivity index (χ1) is 10.4. The minimum Gasteiger partial charge on any atom is -0.618 e. The second-order valence-electron chi connectivity index (χ2n) is 5.68. The van der Waals surface area contributed by atoms with Crippen LogP contribution < -0.4 is 0 Å². The number of allylic oxidation sites excluding steroid dienone is 2. The van der Waals surface area contributed by atoms with Crippen LogP contribution in [0.25, 0.3) is 11.1 Å². The molecule has 0 saturated carbocycles. The van der Waals surface area contributed by atoms with Crippen molar-refractivity contribution >= 4 is 5.71 Å². The Morgan fingerprint density at radius 2 is 1.33 bits per heavy atom. The van der Waals surface area contributed by atoms with Crippen molar-refractivity contribution in [1.29, 1.82) is 0 Å². The molecule has 4 rings (SSSR count). The van der Waals surface area contributed by atoms with Gasteiger partial charge in [-0.15, -0.1) is 0 Å². The third-order valence-electron chi connectivity index (χ3n) is 4.39. The Bertz CT molecular complexity index is 723. The molecule has 0 saturated heterocycles. The minimum atomic E-state index is 0.814. The van der Waals surface area contributed by atoms with Gasteiger partial charge in [0.25, 0.3) is 0 Å². The molecule has 21 heavy (non-hydrogen) atoms. The lowest BCUT2D eigenvalue weighted by Gasteiger charge is -2.14. The maximum atomic E-state index is 12.9. The van der Waals surface area contributed by atoms with Gasteiger partial charge < -0.3 is 5.21 Å². The highest BCUT2D eigenvalue weighted by atomic mass is 16.5. The highest BCUT2D eigenvalue weighted by Gasteiger charge is 2.31. The van der Waals surface area contributed by atoms with Crippen molar-refractivity contribution in [1.82, 2.24) is 0 Å². The van der Waals surface area contributed by atoms with Crippen LogP contribution in [0.1, 0.15) is 36.8 Å². The summed E-state index contributed by atoms with van der Waals surface area (Å²) in [5, 5.41) is 12.9. The van der Waals surface area contributed by atoms with Crippen molar-refractivity contribution in [2.45, 2.75) is 25.7 Å². The summed E-state index contributed by atoms with van der Waals surface area (Å²) in [6.07, 6.45) is 6.32. The van der Waals surface area contributed by atoms with E-state index in [9.17, 15) is 5.21 Å². The number of rotatable bonds is 1. The van der Waals surface area contributed by atoms with Crippen molar-refractivity contribution in [3.05, 3.63) is 76.6 Å². The zero-order valence-electron chi connectivity index (χ0n) is 11.9. The van der Waals surface area contributed by atoms with Crippen LogP contribution in [0, 0.1) is 5.21 Å². The smallest absolute Gasteiger partial charge is 0.232 e. The normalized spacial score (nSPS) is 16.2. The fourth-order valence-corrected chi connectivity index (χ4v) is 3.36. The molecule has 2 aromatic rings. The first-order valence-electron chi connectivity index (χ1n) is 7.58. The highest BCUT2D eigenvalue weighted by Crippen LogP contribution is 2.37. The van der Waals surface area contributed by atoms with Crippen LogP contribution in [-0.2, 0) is 0 Å². The van der Waals surface area contributed by atoms with Crippen LogP contribution in [0.2, 0.25) is 0 Å². The molecule has 0 radical (unpaired) electrons. The van der Waals surface area contributed by atoms with Crippen molar-refractivity contribution in [2.24, 2.45) is 0 Å². The number of hydroxylamine groups is 1. The van der Waals surface area contributed by atoms with E-state index in [-0.39, 0.29) is 0 Å². The van der Waals surface area contributed by atoms with Gasteiger partial charge >= 0.3 is 0 Å². The zero-order chi connectivity index (χ0) is 14.2. The van der Waals surface area contributed by atoms with E-state index >= 15 is 0 Å². The predicted molar refractivity (Wildman–Crippen MR) is 85.3 cm³/mol. The van der Waals surface area contributed by atoms with Gasteiger partial charge in [0.15, 0.2) is 5.70 Å². The lowest BCUT2D eigenvalue weighted by atomic mass is 10.0. The van der Waals surface area contributed by atoms with E-state index in [2.05, 4.69) is 30.3 Å². The largest absolute Gasteiger partial charge is 0.618 e. The number of hydrogen-bond donors (Lipinski definition) is 0. The quantitative estimate of drug-likeness (QED) is 0.365. The molecule has 0 fully saturated rings. The summed E-state index contributed by atoms with van der Waals surface area (Å²) in [6.45, 7) is 0. The Labute approximate surface area is 124 Å². The molecule has 2 heteroatoms. The summed E-state index contributed by atoms with van der Waals surface area (Å²) in [4.78, 5) is 0. The second kappa shape index (κ2) is 4.88. The summed E-state index contributed by atoms with van der Waals surface area (Å²) in [6, 6.07) is 16.4. The van der Waals surface area contributed by atoms with Crippen LogP contribution in [0.3, 0.4) is 0 Å². The Balaban J connectivity index is 1.98. The first-order valence-corrected chi connectivity index (χ1v) is 7.58. The van der Waals surface area contributed by atoms with Crippen molar-refractivity contribution in [2.75, 3.05) is 0 Å². The minimum absolute atomic E-state index is 0.814. The van der Waals surface area contributed by atoms with Gasteiger partial charge in [0.2, 0.25) is 5.71 Å². The summed E-state index contributed by atoms with van der Waals surface area (Å²) >= 11 is 0. The van der Waals surface area contributed by atoms with Gasteiger partial charge in [-0.25, -0.2) is 0 Å². The number of hydrogen-bond acceptors (Lipinski definition) is 1. The van der Waals surface area contributed by atoms with E-state index < -0.39 is 0 Å². The molecular weight excluding hydrogens is 258 g/mol. The molecule has 0 bridgehead atoms. The maximum absolute atomic E-state index is 12.9. The van der Waals surface area contributed by atoms with E-state index in [0.29, 0.717) is 0 Å². The molecule has 0 N–H and O–H groups in total. The average Bonchev–Trinajstić information content (AvgIpc) is 2.90. The third-order valence-corrected chi connectivity index (χ3v) is 4.39. The Kier molecular flexibility index (Phi) is 2.88. The zero-order valence-corrected chi connectivity index (χ0v) is 11.9.